The third kappa shape index (κ3) is 9.90. The molecule has 0 amide bonds. The molecule has 3 aromatic rings. The van der Waals surface area contributed by atoms with Gasteiger partial charge in [-0.3, -0.25) is 4.55 Å². The van der Waals surface area contributed by atoms with Crippen LogP contribution in [-0.4, -0.2) is 83.6 Å². The monoisotopic (exact) mass is 512 g/mol. The highest BCUT2D eigenvalue weighted by atomic mass is 32.3. The Morgan fingerprint density at radius 2 is 1.00 bits per heavy atom. The van der Waals surface area contributed by atoms with Gasteiger partial charge in [0.1, 0.15) is 35.5 Å². The molecule has 2 heterocycles. The summed E-state index contributed by atoms with van der Waals surface area (Å²) in [5.41, 5.74) is 1.52. The zero-order valence-corrected chi connectivity index (χ0v) is 19.9. The molecular formula is C23H28O11S. The zero-order valence-electron chi connectivity index (χ0n) is 19.1. The number of hydrogen-bond acceptors (Lipinski definition) is 9. The van der Waals surface area contributed by atoms with Gasteiger partial charge in [-0.05, 0) is 30.3 Å². The van der Waals surface area contributed by atoms with Gasteiger partial charge in [0.2, 0.25) is 10.4 Å². The van der Waals surface area contributed by atoms with E-state index in [4.69, 9.17) is 50.4 Å². The average molecular weight is 513 g/mol. The predicted molar refractivity (Wildman–Crippen MR) is 125 cm³/mol. The van der Waals surface area contributed by atoms with E-state index < -0.39 is 10.4 Å². The molecule has 2 aromatic carbocycles. The van der Waals surface area contributed by atoms with E-state index in [1.165, 1.54) is 0 Å². The van der Waals surface area contributed by atoms with Gasteiger partial charge in [0.05, 0.1) is 52.9 Å². The minimum absolute atomic E-state index is 0.440. The highest BCUT2D eigenvalue weighted by Crippen LogP contribution is 2.34. The van der Waals surface area contributed by atoms with Crippen LogP contribution in [0, 0.1) is 0 Å². The van der Waals surface area contributed by atoms with Crippen LogP contribution in [0.5, 0.6) is 11.5 Å². The van der Waals surface area contributed by atoms with Crippen molar-refractivity contribution in [3.05, 3.63) is 42.5 Å². The summed E-state index contributed by atoms with van der Waals surface area (Å²) in [5.74, 6) is 1.50. The summed E-state index contributed by atoms with van der Waals surface area (Å²) in [6.07, 6.45) is 0. The quantitative estimate of drug-likeness (QED) is 0.205. The molecule has 0 saturated carbocycles. The molecule has 0 aliphatic carbocycles. The first kappa shape index (κ1) is 27.0. The average Bonchev–Trinajstić information content (AvgIpc) is 2.81. The van der Waals surface area contributed by atoms with Crippen molar-refractivity contribution in [2.45, 2.75) is 0 Å². The fourth-order valence-electron chi connectivity index (χ4n) is 3.21. The maximum atomic E-state index is 8.63. The molecule has 0 fully saturated rings. The molecule has 0 saturated heterocycles. The lowest BCUT2D eigenvalue weighted by Gasteiger charge is -2.09. The first-order valence-corrected chi connectivity index (χ1v) is 12.3. The zero-order chi connectivity index (χ0) is 24.9. The first-order chi connectivity index (χ1) is 16.9. The summed E-state index contributed by atoms with van der Waals surface area (Å²) in [6, 6.07) is 13.6. The molecule has 35 heavy (non-hydrogen) atoms. The largest absolute Gasteiger partial charge is 0.726 e. The summed E-state index contributed by atoms with van der Waals surface area (Å²) < 4.78 is 72.9. The fourth-order valence-corrected chi connectivity index (χ4v) is 3.21. The van der Waals surface area contributed by atoms with Crippen molar-refractivity contribution in [1.82, 2.24) is 0 Å². The highest BCUT2D eigenvalue weighted by molar-refractivity contribution is 7.79. The van der Waals surface area contributed by atoms with Gasteiger partial charge in [-0.15, -0.1) is 0 Å². The van der Waals surface area contributed by atoms with E-state index in [9.17, 15) is 0 Å². The van der Waals surface area contributed by atoms with Crippen LogP contribution in [-0.2, 0) is 29.3 Å². The molecule has 0 atom stereocenters. The molecule has 192 valence electrons. The standard InChI is InChI=1S/C23H27O7.H2O4S/c1-3-20-18-17-19-21(4-2-6-23(19)30-22(18)5-1)29-16-14-27-12-10-25-8-7-24-9-11-26-13-15-28-20;1-5(2,3)4/h1-6,17H,7-16H2;(H2,1,2,3,4)/q+1;/p-1. The van der Waals surface area contributed by atoms with Crippen molar-refractivity contribution in [3.63, 3.8) is 0 Å². The van der Waals surface area contributed by atoms with Gasteiger partial charge in [-0.25, -0.2) is 12.8 Å². The Balaban J connectivity index is 0.000000623. The molecular weight excluding hydrogens is 484 g/mol. The molecule has 1 aliphatic heterocycles. The first-order valence-electron chi connectivity index (χ1n) is 11.0. The molecule has 0 unspecified atom stereocenters. The van der Waals surface area contributed by atoms with Crippen LogP contribution in [0.1, 0.15) is 0 Å². The molecule has 1 aromatic heterocycles. The van der Waals surface area contributed by atoms with Gasteiger partial charge in [0.25, 0.3) is 0 Å². The van der Waals surface area contributed by atoms with Crippen molar-refractivity contribution in [1.29, 1.82) is 0 Å². The summed E-state index contributed by atoms with van der Waals surface area (Å²) in [5, 5.41) is 1.78. The van der Waals surface area contributed by atoms with Crippen molar-refractivity contribution < 1.29 is 50.4 Å². The Kier molecular flexibility index (Phi) is 10.9. The Bertz CT molecular complexity index is 1090. The number of hydrogen-bond donors (Lipinski definition) is 1. The van der Waals surface area contributed by atoms with E-state index in [-0.39, 0.29) is 0 Å². The van der Waals surface area contributed by atoms with Crippen LogP contribution in [0.15, 0.2) is 46.9 Å². The predicted octanol–water partition coefficient (Wildman–Crippen LogP) is 2.71. The Morgan fingerprint density at radius 3 is 1.37 bits per heavy atom. The maximum Gasteiger partial charge on any atom is 0.364 e. The summed E-state index contributed by atoms with van der Waals surface area (Å²) in [6.45, 7) is 5.00. The number of ether oxygens (including phenoxy) is 6. The summed E-state index contributed by atoms with van der Waals surface area (Å²) in [4.78, 5) is 0. The van der Waals surface area contributed by atoms with E-state index in [0.717, 1.165) is 33.4 Å². The summed E-state index contributed by atoms with van der Waals surface area (Å²) >= 11 is 0. The third-order valence-electron chi connectivity index (χ3n) is 4.65. The van der Waals surface area contributed by atoms with Gasteiger partial charge in [0, 0.05) is 12.1 Å². The smallest absolute Gasteiger partial charge is 0.364 e. The second-order valence-corrected chi connectivity index (χ2v) is 8.01. The normalized spacial score (nSPS) is 17.1. The van der Waals surface area contributed by atoms with E-state index >= 15 is 0 Å². The molecule has 1 N–H and O–H groups in total. The van der Waals surface area contributed by atoms with Gasteiger partial charge in [-0.1, -0.05) is 0 Å². The second kappa shape index (κ2) is 14.1. The third-order valence-corrected chi connectivity index (χ3v) is 4.65. The van der Waals surface area contributed by atoms with Crippen LogP contribution in [0.2, 0.25) is 0 Å². The van der Waals surface area contributed by atoms with Gasteiger partial charge < -0.3 is 33.0 Å². The number of rotatable bonds is 0. The van der Waals surface area contributed by atoms with Crippen molar-refractivity contribution in [2.75, 3.05) is 66.1 Å². The molecule has 12 heteroatoms. The van der Waals surface area contributed by atoms with E-state index in [0.29, 0.717) is 66.1 Å². The Morgan fingerprint density at radius 1 is 0.657 bits per heavy atom. The van der Waals surface area contributed by atoms with Crippen molar-refractivity contribution in [2.24, 2.45) is 0 Å². The minimum atomic E-state index is -4.92. The van der Waals surface area contributed by atoms with Crippen LogP contribution < -0.4 is 9.47 Å². The molecule has 2 bridgehead atoms. The highest BCUT2D eigenvalue weighted by Gasteiger charge is 2.18. The lowest BCUT2D eigenvalue weighted by molar-refractivity contribution is -0.00690. The van der Waals surface area contributed by atoms with Crippen molar-refractivity contribution in [3.8, 4) is 11.5 Å². The lowest BCUT2D eigenvalue weighted by Crippen LogP contribution is -2.14. The number of benzene rings is 2. The minimum Gasteiger partial charge on any atom is -0.726 e. The van der Waals surface area contributed by atoms with Crippen LogP contribution in [0.3, 0.4) is 0 Å². The molecule has 0 spiro atoms. The van der Waals surface area contributed by atoms with Crippen LogP contribution in [0.25, 0.3) is 21.9 Å². The summed E-state index contributed by atoms with van der Waals surface area (Å²) in [7, 11) is -4.92. The second-order valence-electron chi connectivity index (χ2n) is 7.16. The Hall–Kier alpha value is -2.58. The molecule has 0 radical (unpaired) electrons. The van der Waals surface area contributed by atoms with Gasteiger partial charge in [0.15, 0.2) is 0 Å². The Labute approximate surface area is 203 Å². The van der Waals surface area contributed by atoms with Crippen LogP contribution in [0.4, 0.5) is 0 Å². The maximum absolute atomic E-state index is 8.63. The fraction of sp³-hybridized carbons (Fsp3) is 0.435. The van der Waals surface area contributed by atoms with Gasteiger partial charge >= 0.3 is 11.2 Å². The molecule has 4 rings (SSSR count). The topological polar surface area (TPSA) is 144 Å². The SMILES string of the molecule is O=S(=O)([O-])O.c1cc2c3cc4c(cccc4[o+]c3c1)OCCOCCOCCOCCOCCO2. The molecule has 11 nitrogen and oxygen atoms in total. The van der Waals surface area contributed by atoms with E-state index in [2.05, 4.69) is 0 Å². The van der Waals surface area contributed by atoms with Crippen molar-refractivity contribution >= 4 is 32.3 Å². The molecule has 1 aliphatic rings. The van der Waals surface area contributed by atoms with E-state index in [1.54, 1.807) is 0 Å². The van der Waals surface area contributed by atoms with E-state index in [1.807, 2.05) is 42.5 Å². The van der Waals surface area contributed by atoms with Gasteiger partial charge in [-0.2, -0.15) is 0 Å². The lowest BCUT2D eigenvalue weighted by atomic mass is 10.1. The van der Waals surface area contributed by atoms with Crippen LogP contribution >= 0.6 is 0 Å².